The van der Waals surface area contributed by atoms with Crippen LogP contribution in [0.1, 0.15) is 5.56 Å². The average Bonchev–Trinajstić information content (AvgIpc) is 2.18. The van der Waals surface area contributed by atoms with Crippen LogP contribution in [0.3, 0.4) is 0 Å². The first-order valence-electron chi connectivity index (χ1n) is 3.63. The fraction of sp³-hybridized carbons (Fsp3) is 0. The highest BCUT2D eigenvalue weighted by Crippen LogP contribution is 2.35. The van der Waals surface area contributed by atoms with E-state index in [1.807, 2.05) is 5.43 Å². The van der Waals surface area contributed by atoms with Crippen molar-refractivity contribution in [2.24, 2.45) is 5.10 Å². The number of phenolic OH excluding ortho intramolecular Hbond substituents is 3. The van der Waals surface area contributed by atoms with Gasteiger partial charge in [0.2, 0.25) is 12.2 Å². The van der Waals surface area contributed by atoms with E-state index in [4.69, 9.17) is 10.2 Å². The molecule has 0 radical (unpaired) electrons. The highest BCUT2D eigenvalue weighted by atomic mass is 16.3. The topological polar surface area (TPSA) is 102 Å². The summed E-state index contributed by atoms with van der Waals surface area (Å²) in [5, 5.41) is 30.7. The molecule has 0 aliphatic carbocycles. The van der Waals surface area contributed by atoms with E-state index in [-0.39, 0.29) is 5.56 Å². The van der Waals surface area contributed by atoms with Crippen LogP contribution in [-0.2, 0) is 4.79 Å². The second-order valence-corrected chi connectivity index (χ2v) is 2.38. The van der Waals surface area contributed by atoms with E-state index in [0.717, 1.165) is 6.21 Å². The summed E-state index contributed by atoms with van der Waals surface area (Å²) in [7, 11) is 0. The lowest BCUT2D eigenvalue weighted by atomic mass is 10.2. The van der Waals surface area contributed by atoms with Crippen LogP contribution in [0.25, 0.3) is 0 Å². The summed E-state index contributed by atoms with van der Waals surface area (Å²) in [5.74, 6) is -1.55. The van der Waals surface area contributed by atoms with Crippen LogP contribution in [0.2, 0.25) is 0 Å². The highest BCUT2D eigenvalue weighted by Gasteiger charge is 2.08. The first-order chi connectivity index (χ1) is 6.66. The Bertz CT molecular complexity index is 376. The van der Waals surface area contributed by atoms with Gasteiger partial charge in [-0.25, -0.2) is 5.43 Å². The van der Waals surface area contributed by atoms with Crippen LogP contribution in [0, 0.1) is 0 Å². The molecule has 1 aromatic rings. The number of hydrogen-bond donors (Lipinski definition) is 4. The molecule has 6 nitrogen and oxygen atoms in total. The summed E-state index contributed by atoms with van der Waals surface area (Å²) in [6, 6.07) is 2.53. The molecule has 0 unspecified atom stereocenters. The molecular formula is C8H8N2O4. The standard InChI is InChI=1S/C8H8N2O4/c11-4-10-9-3-5-1-2-6(12)8(14)7(5)13/h1-4,12-14H,(H,10,11)/b9-3+. The number of hydrazone groups is 1. The third kappa shape index (κ3) is 1.92. The molecule has 0 bridgehead atoms. The molecule has 6 heteroatoms. The molecule has 0 saturated heterocycles. The fourth-order valence-electron chi connectivity index (χ4n) is 0.826. The van der Waals surface area contributed by atoms with Crippen LogP contribution < -0.4 is 5.43 Å². The van der Waals surface area contributed by atoms with Crippen molar-refractivity contribution in [3.05, 3.63) is 17.7 Å². The molecule has 4 N–H and O–H groups in total. The van der Waals surface area contributed by atoms with Gasteiger partial charge in [0.15, 0.2) is 11.5 Å². The lowest BCUT2D eigenvalue weighted by Gasteiger charge is -2.02. The average molecular weight is 196 g/mol. The Morgan fingerprint density at radius 2 is 1.93 bits per heavy atom. The zero-order valence-electron chi connectivity index (χ0n) is 7.01. The minimum absolute atomic E-state index is 0.176. The lowest BCUT2D eigenvalue weighted by Crippen LogP contribution is -2.00. The Kier molecular flexibility index (Phi) is 2.90. The normalized spacial score (nSPS) is 10.3. The summed E-state index contributed by atoms with van der Waals surface area (Å²) < 4.78 is 0. The number of phenols is 3. The molecule has 0 aromatic heterocycles. The van der Waals surface area contributed by atoms with E-state index in [9.17, 15) is 9.90 Å². The van der Waals surface area contributed by atoms with Gasteiger partial charge >= 0.3 is 0 Å². The van der Waals surface area contributed by atoms with Crippen LogP contribution in [0.5, 0.6) is 17.2 Å². The van der Waals surface area contributed by atoms with Crippen LogP contribution >= 0.6 is 0 Å². The first-order valence-corrected chi connectivity index (χ1v) is 3.63. The largest absolute Gasteiger partial charge is 0.504 e. The van der Waals surface area contributed by atoms with E-state index < -0.39 is 17.2 Å². The third-order valence-corrected chi connectivity index (χ3v) is 1.49. The van der Waals surface area contributed by atoms with E-state index in [1.165, 1.54) is 12.1 Å². The van der Waals surface area contributed by atoms with Gasteiger partial charge < -0.3 is 15.3 Å². The van der Waals surface area contributed by atoms with Crippen molar-refractivity contribution in [3.8, 4) is 17.2 Å². The van der Waals surface area contributed by atoms with Crippen molar-refractivity contribution in [1.29, 1.82) is 0 Å². The van der Waals surface area contributed by atoms with E-state index in [1.54, 1.807) is 0 Å². The quantitative estimate of drug-likeness (QED) is 0.234. The maximum absolute atomic E-state index is 9.82. The Hall–Kier alpha value is -2.24. The monoisotopic (exact) mass is 196 g/mol. The molecule has 0 aliphatic heterocycles. The maximum atomic E-state index is 9.82. The van der Waals surface area contributed by atoms with Crippen molar-refractivity contribution >= 4 is 12.6 Å². The molecule has 0 heterocycles. The van der Waals surface area contributed by atoms with Crippen LogP contribution in [0.15, 0.2) is 17.2 Å². The van der Waals surface area contributed by atoms with Gasteiger partial charge in [-0.2, -0.15) is 5.10 Å². The second kappa shape index (κ2) is 4.13. The first kappa shape index (κ1) is 9.85. The number of carbonyl (C=O) groups excluding carboxylic acids is 1. The molecule has 0 aliphatic rings. The number of nitrogens with one attached hydrogen (secondary N) is 1. The van der Waals surface area contributed by atoms with Gasteiger partial charge in [-0.3, -0.25) is 4.79 Å². The molecule has 1 aromatic carbocycles. The van der Waals surface area contributed by atoms with Crippen molar-refractivity contribution < 1.29 is 20.1 Å². The molecule has 14 heavy (non-hydrogen) atoms. The highest BCUT2D eigenvalue weighted by molar-refractivity contribution is 5.85. The van der Waals surface area contributed by atoms with E-state index >= 15 is 0 Å². The third-order valence-electron chi connectivity index (χ3n) is 1.49. The van der Waals surface area contributed by atoms with Gasteiger partial charge in [0.05, 0.1) is 6.21 Å². The Morgan fingerprint density at radius 1 is 1.21 bits per heavy atom. The zero-order valence-corrected chi connectivity index (χ0v) is 7.01. The Labute approximate surface area is 79.1 Å². The van der Waals surface area contributed by atoms with Gasteiger partial charge in [-0.1, -0.05) is 0 Å². The van der Waals surface area contributed by atoms with Crippen LogP contribution in [-0.4, -0.2) is 27.9 Å². The Balaban J connectivity index is 2.99. The van der Waals surface area contributed by atoms with Crippen molar-refractivity contribution in [2.75, 3.05) is 0 Å². The summed E-state index contributed by atoms with van der Waals surface area (Å²) in [6.07, 6.45) is 1.48. The summed E-state index contributed by atoms with van der Waals surface area (Å²) in [4.78, 5) is 9.82. The van der Waals surface area contributed by atoms with Gasteiger partial charge in [0.1, 0.15) is 0 Å². The van der Waals surface area contributed by atoms with Crippen molar-refractivity contribution in [2.45, 2.75) is 0 Å². The van der Waals surface area contributed by atoms with Crippen molar-refractivity contribution in [1.82, 2.24) is 5.43 Å². The van der Waals surface area contributed by atoms with E-state index in [2.05, 4.69) is 5.10 Å². The molecule has 0 spiro atoms. The molecule has 0 atom stereocenters. The molecule has 74 valence electrons. The molecule has 0 saturated carbocycles. The molecular weight excluding hydrogens is 188 g/mol. The molecule has 1 rings (SSSR count). The van der Waals surface area contributed by atoms with Crippen LogP contribution in [0.4, 0.5) is 0 Å². The zero-order chi connectivity index (χ0) is 10.6. The van der Waals surface area contributed by atoms with Crippen molar-refractivity contribution in [3.63, 3.8) is 0 Å². The number of benzene rings is 1. The summed E-state index contributed by atoms with van der Waals surface area (Å²) in [5.41, 5.74) is 2.17. The minimum Gasteiger partial charge on any atom is -0.504 e. The predicted molar refractivity (Wildman–Crippen MR) is 48.2 cm³/mol. The van der Waals surface area contributed by atoms with Gasteiger partial charge in [-0.15, -0.1) is 0 Å². The van der Waals surface area contributed by atoms with Gasteiger partial charge in [0.25, 0.3) is 0 Å². The number of carbonyl (C=O) groups is 1. The fourth-order valence-corrected chi connectivity index (χ4v) is 0.826. The Morgan fingerprint density at radius 3 is 2.57 bits per heavy atom. The van der Waals surface area contributed by atoms with Gasteiger partial charge in [0, 0.05) is 5.56 Å². The predicted octanol–water partition coefficient (Wildman–Crippen LogP) is -0.117. The summed E-state index contributed by atoms with van der Waals surface area (Å²) in [6.45, 7) is 0. The number of nitrogens with zero attached hydrogens (tertiary/aromatic N) is 1. The number of hydrogen-bond acceptors (Lipinski definition) is 5. The summed E-state index contributed by atoms with van der Waals surface area (Å²) >= 11 is 0. The number of aromatic hydroxyl groups is 3. The smallest absolute Gasteiger partial charge is 0.227 e. The second-order valence-electron chi connectivity index (χ2n) is 2.38. The lowest BCUT2D eigenvalue weighted by molar-refractivity contribution is -0.109. The van der Waals surface area contributed by atoms with E-state index in [0.29, 0.717) is 6.41 Å². The molecule has 1 amide bonds. The minimum atomic E-state index is -0.625. The van der Waals surface area contributed by atoms with Gasteiger partial charge in [-0.05, 0) is 12.1 Å². The molecule has 0 fully saturated rings. The number of rotatable bonds is 3. The SMILES string of the molecule is O=CN/N=C/c1ccc(O)c(O)c1O. The number of amides is 1. The maximum Gasteiger partial charge on any atom is 0.227 e.